The maximum atomic E-state index is 14.3. The molecule has 1 aliphatic carbocycles. The van der Waals surface area contributed by atoms with Gasteiger partial charge in [-0.15, -0.1) is 0 Å². The molecule has 0 bridgehead atoms. The molecule has 2 heterocycles. The van der Waals surface area contributed by atoms with E-state index in [1.807, 2.05) is 60.4 Å². The second kappa shape index (κ2) is 11.6. The number of fused-ring (bicyclic) bond motifs is 1. The lowest BCUT2D eigenvalue weighted by atomic mass is 9.76. The Hall–Kier alpha value is -4.34. The van der Waals surface area contributed by atoms with Gasteiger partial charge in [0.25, 0.3) is 5.56 Å². The molecule has 4 aromatic rings. The fraction of sp³-hybridized carbons (Fsp3) is 0.323. The van der Waals surface area contributed by atoms with Gasteiger partial charge in [-0.05, 0) is 66.3 Å². The summed E-state index contributed by atoms with van der Waals surface area (Å²) in [5, 5.41) is 0. The van der Waals surface area contributed by atoms with Crippen LogP contribution in [0.1, 0.15) is 46.5 Å². The molecule has 0 saturated carbocycles. The molecule has 2 aromatic carbocycles. The summed E-state index contributed by atoms with van der Waals surface area (Å²) in [7, 11) is 3.18. The lowest BCUT2D eigenvalue weighted by Gasteiger charge is -2.32. The van der Waals surface area contributed by atoms with Crippen LogP contribution in [0.2, 0.25) is 0 Å². The first-order valence-corrected chi connectivity index (χ1v) is 13.3. The van der Waals surface area contributed by atoms with Crippen molar-refractivity contribution in [3.05, 3.63) is 111 Å². The van der Waals surface area contributed by atoms with E-state index in [0.29, 0.717) is 48.1 Å². The molecule has 214 valence electrons. The van der Waals surface area contributed by atoms with Crippen LogP contribution in [0.15, 0.2) is 71.8 Å². The molecular formula is C31H31F3N4O3. The predicted molar refractivity (Wildman–Crippen MR) is 149 cm³/mol. The van der Waals surface area contributed by atoms with Crippen molar-refractivity contribution in [3.63, 3.8) is 0 Å². The zero-order valence-corrected chi connectivity index (χ0v) is 23.0. The minimum atomic E-state index is -4.58. The number of rotatable bonds is 8. The van der Waals surface area contributed by atoms with Gasteiger partial charge in [-0.3, -0.25) is 4.79 Å². The van der Waals surface area contributed by atoms with Gasteiger partial charge in [0, 0.05) is 24.6 Å². The molecule has 7 nitrogen and oxygen atoms in total. The topological polar surface area (TPSA) is 80.3 Å². The van der Waals surface area contributed by atoms with E-state index in [1.54, 1.807) is 14.2 Å². The summed E-state index contributed by atoms with van der Waals surface area (Å²) in [5.74, 6) is 1.05. The third kappa shape index (κ3) is 6.21. The number of H-pyrrole nitrogens is 1. The van der Waals surface area contributed by atoms with E-state index < -0.39 is 17.7 Å². The first-order chi connectivity index (χ1) is 19.7. The van der Waals surface area contributed by atoms with E-state index in [1.165, 1.54) is 12.4 Å². The second-order valence-corrected chi connectivity index (χ2v) is 10.3. The van der Waals surface area contributed by atoms with Crippen LogP contribution < -0.4 is 19.9 Å². The smallest absolute Gasteiger partial charge is 0.418 e. The molecule has 1 N–H and O–H groups in total. The third-order valence-electron chi connectivity index (χ3n) is 7.62. The van der Waals surface area contributed by atoms with E-state index in [0.717, 1.165) is 17.2 Å². The van der Waals surface area contributed by atoms with Crippen molar-refractivity contribution in [2.75, 3.05) is 19.1 Å². The number of methoxy groups -OCH3 is 2. The molecular weight excluding hydrogens is 533 g/mol. The fourth-order valence-corrected chi connectivity index (χ4v) is 5.37. The van der Waals surface area contributed by atoms with E-state index in [4.69, 9.17) is 14.5 Å². The van der Waals surface area contributed by atoms with Crippen LogP contribution in [0.3, 0.4) is 0 Å². The van der Waals surface area contributed by atoms with E-state index >= 15 is 0 Å². The van der Waals surface area contributed by atoms with Gasteiger partial charge in [-0.1, -0.05) is 31.2 Å². The monoisotopic (exact) mass is 564 g/mol. The van der Waals surface area contributed by atoms with Gasteiger partial charge < -0.3 is 19.4 Å². The molecule has 0 amide bonds. The molecule has 5 rings (SSSR count). The van der Waals surface area contributed by atoms with Crippen molar-refractivity contribution in [2.45, 2.75) is 44.9 Å². The minimum absolute atomic E-state index is 0.0234. The largest absolute Gasteiger partial charge is 0.497 e. The molecule has 2 atom stereocenters. The highest BCUT2D eigenvalue weighted by molar-refractivity contribution is 5.47. The Morgan fingerprint density at radius 2 is 1.49 bits per heavy atom. The first kappa shape index (κ1) is 28.2. The molecule has 0 aliphatic heterocycles. The van der Waals surface area contributed by atoms with Crippen molar-refractivity contribution in [1.29, 1.82) is 0 Å². The highest BCUT2D eigenvalue weighted by atomic mass is 19.4. The van der Waals surface area contributed by atoms with E-state index in [2.05, 4.69) is 9.97 Å². The molecule has 0 saturated heterocycles. The highest BCUT2D eigenvalue weighted by Crippen LogP contribution is 2.42. The Balaban J connectivity index is 1.56. The maximum absolute atomic E-state index is 14.3. The first-order valence-electron chi connectivity index (χ1n) is 13.3. The molecule has 0 spiro atoms. The Bertz CT molecular complexity index is 1500. The average Bonchev–Trinajstić information content (AvgIpc) is 2.97. The Morgan fingerprint density at radius 1 is 0.902 bits per heavy atom. The van der Waals surface area contributed by atoms with Gasteiger partial charge in [0.05, 0.1) is 37.5 Å². The van der Waals surface area contributed by atoms with E-state index in [9.17, 15) is 18.0 Å². The molecule has 0 radical (unpaired) electrons. The fourth-order valence-electron chi connectivity index (χ4n) is 5.37. The van der Waals surface area contributed by atoms with Crippen LogP contribution in [-0.2, 0) is 32.1 Å². The van der Waals surface area contributed by atoms with Crippen molar-refractivity contribution in [3.8, 4) is 11.5 Å². The van der Waals surface area contributed by atoms with E-state index in [-0.39, 0.29) is 23.6 Å². The van der Waals surface area contributed by atoms with Crippen LogP contribution in [0.4, 0.5) is 19.0 Å². The summed E-state index contributed by atoms with van der Waals surface area (Å²) in [5.41, 5.74) is 1.91. The number of hydrogen-bond acceptors (Lipinski definition) is 6. The summed E-state index contributed by atoms with van der Waals surface area (Å²) in [6.07, 6.45) is -2.75. The van der Waals surface area contributed by atoms with Crippen molar-refractivity contribution < 1.29 is 22.6 Å². The molecule has 0 fully saturated rings. The summed E-state index contributed by atoms with van der Waals surface area (Å²) in [6.45, 7) is 2.68. The normalized spacial score (nSPS) is 16.6. The number of nitrogens with zero attached hydrogens (tertiary/aromatic N) is 3. The van der Waals surface area contributed by atoms with Crippen LogP contribution >= 0.6 is 0 Å². The van der Waals surface area contributed by atoms with Gasteiger partial charge in [-0.2, -0.15) is 13.2 Å². The zero-order valence-electron chi connectivity index (χ0n) is 23.0. The number of pyridine rings is 1. The van der Waals surface area contributed by atoms with Crippen LogP contribution in [0.25, 0.3) is 0 Å². The van der Waals surface area contributed by atoms with Crippen molar-refractivity contribution in [2.24, 2.45) is 5.92 Å². The average molecular weight is 565 g/mol. The molecule has 2 aromatic heterocycles. The Morgan fingerprint density at radius 3 is 2.02 bits per heavy atom. The highest BCUT2D eigenvalue weighted by Gasteiger charge is 2.40. The number of nitrogens with one attached hydrogen (secondary N) is 1. The minimum Gasteiger partial charge on any atom is -0.497 e. The molecule has 2 unspecified atom stereocenters. The number of halogens is 3. The number of aromatic nitrogens is 3. The maximum Gasteiger partial charge on any atom is 0.418 e. The Kier molecular flexibility index (Phi) is 8.01. The van der Waals surface area contributed by atoms with Crippen LogP contribution in [-0.4, -0.2) is 29.2 Å². The number of hydrogen-bond donors (Lipinski definition) is 1. The molecule has 41 heavy (non-hydrogen) atoms. The van der Waals surface area contributed by atoms with Gasteiger partial charge in [0.2, 0.25) is 0 Å². The number of benzene rings is 2. The standard InChI is InChI=1S/C31H31F3N4O3/c1-19-14-25-27(35-18-36-30(25)39)15-24(19)29-26(31(32,33)34)12-13-28(37-29)38(16-20-4-8-22(40-2)9-5-20)17-21-6-10-23(41-3)11-7-21/h4-13,18-19,24H,14-17H2,1-3H3,(H,35,36,39). The second-order valence-electron chi connectivity index (χ2n) is 10.3. The number of alkyl halides is 3. The SMILES string of the molecule is COc1ccc(CN(Cc2ccc(OC)cc2)c2ccc(C(F)(F)F)c(C3Cc4nc[nH]c(=O)c4CC3C)n2)cc1. The molecule has 1 aliphatic rings. The van der Waals surface area contributed by atoms with Crippen molar-refractivity contribution in [1.82, 2.24) is 15.0 Å². The summed E-state index contributed by atoms with van der Waals surface area (Å²) < 4.78 is 53.5. The zero-order chi connectivity index (χ0) is 29.1. The summed E-state index contributed by atoms with van der Waals surface area (Å²) in [4.78, 5) is 25.9. The van der Waals surface area contributed by atoms with Gasteiger partial charge in [0.15, 0.2) is 0 Å². The van der Waals surface area contributed by atoms with Crippen LogP contribution in [0, 0.1) is 5.92 Å². The number of anilines is 1. The van der Waals surface area contributed by atoms with Gasteiger partial charge in [0.1, 0.15) is 17.3 Å². The number of ether oxygens (including phenoxy) is 2. The van der Waals surface area contributed by atoms with Gasteiger partial charge in [-0.25, -0.2) is 9.97 Å². The third-order valence-corrected chi connectivity index (χ3v) is 7.62. The van der Waals surface area contributed by atoms with Crippen molar-refractivity contribution >= 4 is 5.82 Å². The summed E-state index contributed by atoms with van der Waals surface area (Å²) >= 11 is 0. The van der Waals surface area contributed by atoms with Crippen LogP contribution in [0.5, 0.6) is 11.5 Å². The lowest BCUT2D eigenvalue weighted by molar-refractivity contribution is -0.138. The predicted octanol–water partition coefficient (Wildman–Crippen LogP) is 5.93. The Labute approximate surface area is 236 Å². The lowest BCUT2D eigenvalue weighted by Crippen LogP contribution is -2.31. The quantitative estimate of drug-likeness (QED) is 0.286. The van der Waals surface area contributed by atoms with Gasteiger partial charge >= 0.3 is 6.18 Å². The molecule has 10 heteroatoms. The number of aromatic amines is 1. The summed E-state index contributed by atoms with van der Waals surface area (Å²) in [6, 6.07) is 17.7.